The van der Waals surface area contributed by atoms with Gasteiger partial charge in [0.2, 0.25) is 5.91 Å². The molecule has 1 heterocycles. The van der Waals surface area contributed by atoms with Crippen LogP contribution in [0.3, 0.4) is 0 Å². The van der Waals surface area contributed by atoms with Crippen LogP contribution in [0.1, 0.15) is 32.6 Å². The molecule has 5 nitrogen and oxygen atoms in total. The van der Waals surface area contributed by atoms with E-state index in [1.807, 2.05) is 0 Å². The van der Waals surface area contributed by atoms with E-state index in [0.717, 1.165) is 19.4 Å². The summed E-state index contributed by atoms with van der Waals surface area (Å²) in [6.07, 6.45) is 3.44. The Hall–Kier alpha value is -0.620. The topological polar surface area (TPSA) is 80.5 Å². The first-order chi connectivity index (χ1) is 7.91. The normalized spacial score (nSPS) is 22.5. The molecule has 1 aliphatic rings. The van der Waals surface area contributed by atoms with E-state index >= 15 is 0 Å². The van der Waals surface area contributed by atoms with E-state index in [1.165, 1.54) is 6.42 Å². The third kappa shape index (κ3) is 5.50. The van der Waals surface area contributed by atoms with Crippen molar-refractivity contribution in [3.8, 4) is 0 Å². The Morgan fingerprint density at radius 2 is 2.06 bits per heavy atom. The fourth-order valence-electron chi connectivity index (χ4n) is 2.10. The summed E-state index contributed by atoms with van der Waals surface area (Å²) >= 11 is 0. The van der Waals surface area contributed by atoms with Crippen molar-refractivity contribution in [1.82, 2.24) is 4.90 Å². The van der Waals surface area contributed by atoms with Crippen LogP contribution in [0.25, 0.3) is 0 Å². The van der Waals surface area contributed by atoms with Crippen molar-refractivity contribution in [2.75, 3.05) is 24.6 Å². The number of piperidine rings is 1. The summed E-state index contributed by atoms with van der Waals surface area (Å²) in [5.74, 6) is -0.547. The van der Waals surface area contributed by atoms with Gasteiger partial charge in [-0.05, 0) is 26.3 Å². The molecule has 1 fully saturated rings. The Kier molecular flexibility index (Phi) is 5.39. The van der Waals surface area contributed by atoms with Gasteiger partial charge >= 0.3 is 0 Å². The van der Waals surface area contributed by atoms with E-state index in [-0.39, 0.29) is 17.9 Å². The molecule has 0 radical (unpaired) electrons. The van der Waals surface area contributed by atoms with Crippen LogP contribution in [0, 0.1) is 0 Å². The molecule has 2 N–H and O–H groups in total. The highest BCUT2D eigenvalue weighted by molar-refractivity contribution is 7.91. The predicted molar refractivity (Wildman–Crippen MR) is 67.4 cm³/mol. The summed E-state index contributed by atoms with van der Waals surface area (Å²) < 4.78 is 23.3. The van der Waals surface area contributed by atoms with E-state index in [1.54, 1.807) is 0 Å². The number of primary amides is 1. The zero-order chi connectivity index (χ0) is 12.9. The van der Waals surface area contributed by atoms with Crippen LogP contribution in [0.4, 0.5) is 0 Å². The van der Waals surface area contributed by atoms with Crippen molar-refractivity contribution < 1.29 is 13.2 Å². The zero-order valence-corrected chi connectivity index (χ0v) is 11.2. The van der Waals surface area contributed by atoms with Crippen molar-refractivity contribution in [1.29, 1.82) is 0 Å². The highest BCUT2D eigenvalue weighted by atomic mass is 32.2. The number of amides is 1. The third-order valence-electron chi connectivity index (χ3n) is 3.29. The van der Waals surface area contributed by atoms with Crippen LogP contribution in [0.15, 0.2) is 0 Å². The summed E-state index contributed by atoms with van der Waals surface area (Å²) in [7, 11) is -3.14. The number of hydrogen-bond acceptors (Lipinski definition) is 4. The maximum Gasteiger partial charge on any atom is 0.218 e. The monoisotopic (exact) mass is 262 g/mol. The smallest absolute Gasteiger partial charge is 0.218 e. The molecule has 1 rings (SSSR count). The molecular weight excluding hydrogens is 240 g/mol. The molecule has 1 aliphatic heterocycles. The number of likely N-dealkylation sites (tertiary alicyclic amines) is 1. The number of sulfone groups is 1. The SMILES string of the molecule is C[C@@H]1CCCCN1CCS(=O)(=O)CCC(N)=O. The second-order valence-electron chi connectivity index (χ2n) is 4.75. The standard InChI is InChI=1S/C11H22N2O3S/c1-10-4-2-3-6-13(10)7-9-17(15,16)8-5-11(12)14/h10H,2-9H2,1H3,(H2,12,14)/t10-/m1/s1. The Morgan fingerprint density at radius 1 is 1.35 bits per heavy atom. The lowest BCUT2D eigenvalue weighted by Gasteiger charge is -2.33. The Morgan fingerprint density at radius 3 is 2.65 bits per heavy atom. The number of rotatable bonds is 6. The molecule has 1 amide bonds. The number of nitrogens with zero attached hydrogens (tertiary/aromatic N) is 1. The second-order valence-corrected chi connectivity index (χ2v) is 7.05. The van der Waals surface area contributed by atoms with Crippen molar-refractivity contribution in [3.05, 3.63) is 0 Å². The summed E-state index contributed by atoms with van der Waals surface area (Å²) in [5.41, 5.74) is 4.95. The van der Waals surface area contributed by atoms with Gasteiger partial charge in [0.05, 0.1) is 11.5 Å². The Labute approximate surface area is 103 Å². The molecule has 0 aromatic carbocycles. The maximum absolute atomic E-state index is 11.6. The molecule has 0 aliphatic carbocycles. The molecule has 0 aromatic rings. The van der Waals surface area contributed by atoms with Crippen molar-refractivity contribution in [2.45, 2.75) is 38.6 Å². The van der Waals surface area contributed by atoms with E-state index in [2.05, 4.69) is 11.8 Å². The summed E-state index contributed by atoms with van der Waals surface area (Å²) in [6.45, 7) is 3.68. The summed E-state index contributed by atoms with van der Waals surface area (Å²) in [4.78, 5) is 12.8. The second kappa shape index (κ2) is 6.35. The van der Waals surface area contributed by atoms with Gasteiger partial charge in [-0.15, -0.1) is 0 Å². The fourth-order valence-corrected chi connectivity index (χ4v) is 3.33. The van der Waals surface area contributed by atoms with Gasteiger partial charge in [-0.2, -0.15) is 0 Å². The molecule has 0 bridgehead atoms. The Balaban J connectivity index is 2.35. The van der Waals surface area contributed by atoms with Gasteiger partial charge in [0.15, 0.2) is 9.84 Å². The largest absolute Gasteiger partial charge is 0.370 e. The van der Waals surface area contributed by atoms with Gasteiger partial charge in [0.25, 0.3) is 0 Å². The zero-order valence-electron chi connectivity index (χ0n) is 10.4. The van der Waals surface area contributed by atoms with Gasteiger partial charge < -0.3 is 5.73 Å². The lowest BCUT2D eigenvalue weighted by atomic mass is 10.0. The quantitative estimate of drug-likeness (QED) is 0.739. The Bertz CT molecular complexity index is 354. The summed E-state index contributed by atoms with van der Waals surface area (Å²) in [6, 6.07) is 0.468. The molecule has 0 aromatic heterocycles. The fraction of sp³-hybridized carbons (Fsp3) is 0.909. The predicted octanol–water partition coefficient (Wildman–Crippen LogP) is 0.151. The molecule has 1 saturated heterocycles. The van der Waals surface area contributed by atoms with Crippen LogP contribution < -0.4 is 5.73 Å². The average molecular weight is 262 g/mol. The van der Waals surface area contributed by atoms with Gasteiger partial charge in [-0.25, -0.2) is 8.42 Å². The van der Waals surface area contributed by atoms with Crippen molar-refractivity contribution in [3.63, 3.8) is 0 Å². The first-order valence-corrected chi connectivity index (χ1v) is 7.95. The van der Waals surface area contributed by atoms with Crippen molar-refractivity contribution in [2.24, 2.45) is 5.73 Å². The lowest BCUT2D eigenvalue weighted by Crippen LogP contribution is -2.40. The van der Waals surface area contributed by atoms with Gasteiger partial charge in [0, 0.05) is 19.0 Å². The van der Waals surface area contributed by atoms with Crippen LogP contribution in [-0.4, -0.2) is 49.9 Å². The molecule has 0 unspecified atom stereocenters. The van der Waals surface area contributed by atoms with E-state index in [9.17, 15) is 13.2 Å². The summed E-state index contributed by atoms with van der Waals surface area (Å²) in [5, 5.41) is 0. The molecule has 100 valence electrons. The highest BCUT2D eigenvalue weighted by Crippen LogP contribution is 2.16. The van der Waals surface area contributed by atoms with E-state index in [0.29, 0.717) is 12.6 Å². The average Bonchev–Trinajstić information content (AvgIpc) is 2.26. The minimum Gasteiger partial charge on any atom is -0.370 e. The van der Waals surface area contributed by atoms with Crippen LogP contribution in [-0.2, 0) is 14.6 Å². The lowest BCUT2D eigenvalue weighted by molar-refractivity contribution is -0.117. The first-order valence-electron chi connectivity index (χ1n) is 6.13. The number of carbonyl (C=O) groups is 1. The molecular formula is C11H22N2O3S. The molecule has 1 atom stereocenters. The number of nitrogens with two attached hydrogens (primary N) is 1. The van der Waals surface area contributed by atoms with Crippen LogP contribution in [0.5, 0.6) is 0 Å². The van der Waals surface area contributed by atoms with Crippen LogP contribution >= 0.6 is 0 Å². The highest BCUT2D eigenvalue weighted by Gasteiger charge is 2.20. The van der Waals surface area contributed by atoms with Gasteiger partial charge in [-0.3, -0.25) is 9.69 Å². The third-order valence-corrected chi connectivity index (χ3v) is 4.92. The number of carbonyl (C=O) groups excluding carboxylic acids is 1. The minimum atomic E-state index is -3.14. The minimum absolute atomic E-state index is 0.0715. The molecule has 17 heavy (non-hydrogen) atoms. The number of hydrogen-bond donors (Lipinski definition) is 1. The molecule has 0 saturated carbocycles. The van der Waals surface area contributed by atoms with Gasteiger partial charge in [-0.1, -0.05) is 6.42 Å². The molecule has 0 spiro atoms. The van der Waals surface area contributed by atoms with Crippen LogP contribution in [0.2, 0.25) is 0 Å². The van der Waals surface area contributed by atoms with Gasteiger partial charge in [0.1, 0.15) is 0 Å². The first kappa shape index (κ1) is 14.4. The van der Waals surface area contributed by atoms with Crippen molar-refractivity contribution >= 4 is 15.7 Å². The maximum atomic E-state index is 11.6. The molecule has 6 heteroatoms. The van der Waals surface area contributed by atoms with E-state index < -0.39 is 15.7 Å². The van der Waals surface area contributed by atoms with E-state index in [4.69, 9.17) is 5.73 Å².